The molecular formula is C20H26N2. The van der Waals surface area contributed by atoms with Gasteiger partial charge in [0.2, 0.25) is 0 Å². The molecule has 0 radical (unpaired) electrons. The average Bonchev–Trinajstić information content (AvgIpc) is 2.56. The van der Waals surface area contributed by atoms with E-state index in [1.54, 1.807) is 0 Å². The number of hydrogen-bond donors (Lipinski definition) is 0. The SMILES string of the molecule is CN(C)c1ccccc1N1CCC(Cc2ccccc2)CC1. The van der Waals surface area contributed by atoms with Crippen LogP contribution in [0.4, 0.5) is 11.4 Å². The van der Waals surface area contributed by atoms with E-state index in [1.807, 2.05) is 0 Å². The minimum absolute atomic E-state index is 0.824. The molecule has 1 aliphatic rings. The van der Waals surface area contributed by atoms with E-state index in [0.717, 1.165) is 5.92 Å². The highest BCUT2D eigenvalue weighted by molar-refractivity contribution is 5.70. The van der Waals surface area contributed by atoms with Crippen molar-refractivity contribution in [3.8, 4) is 0 Å². The van der Waals surface area contributed by atoms with Crippen LogP contribution in [0.25, 0.3) is 0 Å². The third-order valence-electron chi connectivity index (χ3n) is 4.69. The first-order chi connectivity index (χ1) is 10.7. The van der Waals surface area contributed by atoms with Crippen molar-refractivity contribution in [3.63, 3.8) is 0 Å². The fourth-order valence-electron chi connectivity index (χ4n) is 3.44. The Morgan fingerprint density at radius 1 is 0.909 bits per heavy atom. The summed E-state index contributed by atoms with van der Waals surface area (Å²) in [6, 6.07) is 19.7. The first-order valence-electron chi connectivity index (χ1n) is 8.29. The molecule has 116 valence electrons. The number of nitrogens with zero attached hydrogens (tertiary/aromatic N) is 2. The molecule has 1 fully saturated rings. The second kappa shape index (κ2) is 6.87. The van der Waals surface area contributed by atoms with Gasteiger partial charge in [0.15, 0.2) is 0 Å². The summed E-state index contributed by atoms with van der Waals surface area (Å²) in [7, 11) is 4.25. The lowest BCUT2D eigenvalue weighted by Gasteiger charge is -2.35. The quantitative estimate of drug-likeness (QED) is 0.833. The zero-order chi connectivity index (χ0) is 15.4. The van der Waals surface area contributed by atoms with Gasteiger partial charge in [-0.2, -0.15) is 0 Å². The summed E-state index contributed by atoms with van der Waals surface area (Å²) < 4.78 is 0. The molecule has 2 aromatic rings. The van der Waals surface area contributed by atoms with Crippen LogP contribution in [0.1, 0.15) is 18.4 Å². The topological polar surface area (TPSA) is 6.48 Å². The molecule has 0 aliphatic carbocycles. The molecule has 0 bridgehead atoms. The maximum Gasteiger partial charge on any atom is 0.0603 e. The zero-order valence-electron chi connectivity index (χ0n) is 13.7. The highest BCUT2D eigenvalue weighted by Gasteiger charge is 2.21. The maximum atomic E-state index is 2.55. The van der Waals surface area contributed by atoms with Crippen molar-refractivity contribution in [1.29, 1.82) is 0 Å². The van der Waals surface area contributed by atoms with E-state index in [-0.39, 0.29) is 0 Å². The molecule has 1 saturated heterocycles. The molecule has 0 unspecified atom stereocenters. The van der Waals surface area contributed by atoms with Gasteiger partial charge in [-0.3, -0.25) is 0 Å². The molecule has 0 saturated carbocycles. The molecule has 2 aromatic carbocycles. The van der Waals surface area contributed by atoms with Gasteiger partial charge in [-0.15, -0.1) is 0 Å². The van der Waals surface area contributed by atoms with Crippen molar-refractivity contribution in [2.75, 3.05) is 37.0 Å². The first-order valence-corrected chi connectivity index (χ1v) is 8.29. The Bertz CT molecular complexity index is 584. The van der Waals surface area contributed by atoms with Crippen LogP contribution in [0.3, 0.4) is 0 Å². The van der Waals surface area contributed by atoms with Crippen molar-refractivity contribution in [2.24, 2.45) is 5.92 Å². The number of hydrogen-bond acceptors (Lipinski definition) is 2. The lowest BCUT2D eigenvalue weighted by Crippen LogP contribution is -2.35. The summed E-state index contributed by atoms with van der Waals surface area (Å²) in [4.78, 5) is 4.77. The second-order valence-electron chi connectivity index (χ2n) is 6.50. The van der Waals surface area contributed by atoms with Crippen LogP contribution in [-0.2, 0) is 6.42 Å². The molecule has 0 spiro atoms. The second-order valence-corrected chi connectivity index (χ2v) is 6.50. The van der Waals surface area contributed by atoms with E-state index in [4.69, 9.17) is 0 Å². The summed E-state index contributed by atoms with van der Waals surface area (Å²) >= 11 is 0. The summed E-state index contributed by atoms with van der Waals surface area (Å²) in [6.07, 6.45) is 3.80. The highest BCUT2D eigenvalue weighted by Crippen LogP contribution is 2.32. The van der Waals surface area contributed by atoms with Gasteiger partial charge in [-0.25, -0.2) is 0 Å². The Hall–Kier alpha value is -1.96. The predicted molar refractivity (Wildman–Crippen MR) is 95.9 cm³/mol. The first kappa shape index (κ1) is 15.0. The Morgan fingerprint density at radius 3 is 2.23 bits per heavy atom. The van der Waals surface area contributed by atoms with Gasteiger partial charge in [0.05, 0.1) is 11.4 Å². The number of benzene rings is 2. The monoisotopic (exact) mass is 294 g/mol. The average molecular weight is 294 g/mol. The molecule has 22 heavy (non-hydrogen) atoms. The third-order valence-corrected chi connectivity index (χ3v) is 4.69. The van der Waals surface area contributed by atoms with Crippen molar-refractivity contribution >= 4 is 11.4 Å². The Morgan fingerprint density at radius 2 is 1.55 bits per heavy atom. The van der Waals surface area contributed by atoms with E-state index in [0.29, 0.717) is 0 Å². The van der Waals surface area contributed by atoms with Crippen LogP contribution in [0.15, 0.2) is 54.6 Å². The van der Waals surface area contributed by atoms with Gasteiger partial charge in [0, 0.05) is 27.2 Å². The summed E-state index contributed by atoms with van der Waals surface area (Å²) in [5.74, 6) is 0.824. The molecule has 0 amide bonds. The van der Waals surface area contributed by atoms with Crippen molar-refractivity contribution < 1.29 is 0 Å². The van der Waals surface area contributed by atoms with E-state index in [1.165, 1.54) is 49.3 Å². The molecule has 1 heterocycles. The minimum Gasteiger partial charge on any atom is -0.376 e. The number of para-hydroxylation sites is 2. The van der Waals surface area contributed by atoms with E-state index < -0.39 is 0 Å². The molecular weight excluding hydrogens is 268 g/mol. The Balaban J connectivity index is 1.62. The molecule has 2 heteroatoms. The smallest absolute Gasteiger partial charge is 0.0603 e. The Labute approximate surface area is 134 Å². The van der Waals surface area contributed by atoms with E-state index >= 15 is 0 Å². The van der Waals surface area contributed by atoms with Crippen molar-refractivity contribution in [2.45, 2.75) is 19.3 Å². The lowest BCUT2D eigenvalue weighted by atomic mass is 9.90. The van der Waals surface area contributed by atoms with Gasteiger partial charge in [-0.1, -0.05) is 42.5 Å². The van der Waals surface area contributed by atoms with E-state index in [2.05, 4.69) is 78.5 Å². The van der Waals surface area contributed by atoms with Crippen molar-refractivity contribution in [3.05, 3.63) is 60.2 Å². The predicted octanol–water partition coefficient (Wildman–Crippen LogP) is 4.21. The summed E-state index contributed by atoms with van der Waals surface area (Å²) in [5, 5.41) is 0. The van der Waals surface area contributed by atoms with Gasteiger partial charge >= 0.3 is 0 Å². The van der Waals surface area contributed by atoms with Crippen LogP contribution in [0, 0.1) is 5.92 Å². The van der Waals surface area contributed by atoms with Crippen LogP contribution in [-0.4, -0.2) is 27.2 Å². The fraction of sp³-hybridized carbons (Fsp3) is 0.400. The highest BCUT2D eigenvalue weighted by atomic mass is 15.2. The Kier molecular flexibility index (Phi) is 4.67. The molecule has 0 N–H and O–H groups in total. The fourth-order valence-corrected chi connectivity index (χ4v) is 3.44. The maximum absolute atomic E-state index is 2.55. The lowest BCUT2D eigenvalue weighted by molar-refractivity contribution is 0.404. The molecule has 0 atom stereocenters. The number of anilines is 2. The van der Waals surface area contributed by atoms with Gasteiger partial charge in [0.25, 0.3) is 0 Å². The number of piperidine rings is 1. The molecule has 3 rings (SSSR count). The van der Waals surface area contributed by atoms with Crippen molar-refractivity contribution in [1.82, 2.24) is 0 Å². The van der Waals surface area contributed by atoms with Gasteiger partial charge < -0.3 is 9.80 Å². The molecule has 0 aromatic heterocycles. The van der Waals surface area contributed by atoms with Crippen LogP contribution in [0.2, 0.25) is 0 Å². The van der Waals surface area contributed by atoms with Gasteiger partial charge in [0.1, 0.15) is 0 Å². The van der Waals surface area contributed by atoms with Crippen LogP contribution < -0.4 is 9.80 Å². The van der Waals surface area contributed by atoms with Crippen LogP contribution >= 0.6 is 0 Å². The normalized spacial score (nSPS) is 15.8. The minimum atomic E-state index is 0.824. The standard InChI is InChI=1S/C20H26N2/c1-21(2)19-10-6-7-11-20(19)22-14-12-18(13-15-22)16-17-8-4-3-5-9-17/h3-11,18H,12-16H2,1-2H3. The zero-order valence-corrected chi connectivity index (χ0v) is 13.7. The van der Waals surface area contributed by atoms with E-state index in [9.17, 15) is 0 Å². The summed E-state index contributed by atoms with van der Waals surface area (Å²) in [6.45, 7) is 2.34. The van der Waals surface area contributed by atoms with Crippen LogP contribution in [0.5, 0.6) is 0 Å². The van der Waals surface area contributed by atoms with Gasteiger partial charge in [-0.05, 0) is 42.9 Å². The molecule has 2 nitrogen and oxygen atoms in total. The largest absolute Gasteiger partial charge is 0.376 e. The number of rotatable bonds is 4. The summed E-state index contributed by atoms with van der Waals surface area (Å²) in [5.41, 5.74) is 4.18. The molecule has 1 aliphatic heterocycles. The third kappa shape index (κ3) is 3.44.